The van der Waals surface area contributed by atoms with Crippen molar-refractivity contribution in [3.8, 4) is 5.75 Å². The first-order valence-electron chi connectivity index (χ1n) is 9.16. The number of thiophene rings is 1. The second kappa shape index (κ2) is 7.29. The average molecular weight is 593 g/mol. The molecule has 1 aliphatic heterocycles. The minimum atomic E-state index is -0.429. The van der Waals surface area contributed by atoms with Gasteiger partial charge in [-0.2, -0.15) is 0 Å². The van der Waals surface area contributed by atoms with Crippen molar-refractivity contribution in [1.82, 2.24) is 5.32 Å². The van der Waals surface area contributed by atoms with Crippen LogP contribution in [0.4, 0.5) is 5.00 Å². The van der Waals surface area contributed by atoms with E-state index in [2.05, 4.69) is 79.2 Å². The SMILES string of the molecule is CC(C)(C)[C@H]1CCc2c(sc3c2C(=O)N[C@H](c2c(Br)cc(Br)c(O)c2Br)N3)C1. The number of benzene rings is 1. The van der Waals surface area contributed by atoms with Crippen LogP contribution in [0.3, 0.4) is 0 Å². The highest BCUT2D eigenvalue weighted by molar-refractivity contribution is 9.11. The third kappa shape index (κ3) is 3.44. The predicted molar refractivity (Wildman–Crippen MR) is 124 cm³/mol. The summed E-state index contributed by atoms with van der Waals surface area (Å²) in [5.41, 5.74) is 3.04. The number of anilines is 1. The lowest BCUT2D eigenvalue weighted by molar-refractivity contribution is 0.0934. The molecule has 4 rings (SSSR count). The standard InChI is InChI=1S/C20H21Br3N2O2S/c1-20(2,3)8-4-5-9-12(6-8)28-19-13(9)18(27)24-17(25-19)14-10(21)7-11(22)16(26)15(14)23/h7-8,17,25-26H,4-6H2,1-3H3,(H,24,27)/t8-,17-/m0/s1. The van der Waals surface area contributed by atoms with Gasteiger partial charge in [-0.3, -0.25) is 4.79 Å². The van der Waals surface area contributed by atoms with E-state index < -0.39 is 6.17 Å². The smallest absolute Gasteiger partial charge is 0.256 e. The number of fused-ring (bicyclic) bond motifs is 3. The van der Waals surface area contributed by atoms with Crippen LogP contribution < -0.4 is 10.6 Å². The van der Waals surface area contributed by atoms with Gasteiger partial charge in [0.15, 0.2) is 0 Å². The lowest BCUT2D eigenvalue weighted by Crippen LogP contribution is -2.38. The van der Waals surface area contributed by atoms with Crippen LogP contribution in [0.25, 0.3) is 0 Å². The summed E-state index contributed by atoms with van der Waals surface area (Å²) in [5, 5.41) is 17.8. The van der Waals surface area contributed by atoms with Crippen molar-refractivity contribution in [3.63, 3.8) is 0 Å². The Morgan fingerprint density at radius 1 is 1.18 bits per heavy atom. The predicted octanol–water partition coefficient (Wildman–Crippen LogP) is 6.75. The van der Waals surface area contributed by atoms with Gasteiger partial charge in [0.2, 0.25) is 0 Å². The van der Waals surface area contributed by atoms with Gasteiger partial charge in [-0.25, -0.2) is 0 Å². The van der Waals surface area contributed by atoms with Crippen LogP contribution >= 0.6 is 59.1 Å². The lowest BCUT2D eigenvalue weighted by atomic mass is 9.72. The molecule has 150 valence electrons. The number of hydrogen-bond donors (Lipinski definition) is 3. The van der Waals surface area contributed by atoms with Gasteiger partial charge in [0.25, 0.3) is 5.91 Å². The van der Waals surface area contributed by atoms with E-state index in [-0.39, 0.29) is 17.1 Å². The van der Waals surface area contributed by atoms with Gasteiger partial charge in [-0.15, -0.1) is 11.3 Å². The molecule has 2 aliphatic rings. The lowest BCUT2D eigenvalue weighted by Gasteiger charge is -2.34. The van der Waals surface area contributed by atoms with Crippen LogP contribution in [-0.4, -0.2) is 11.0 Å². The zero-order chi connectivity index (χ0) is 20.4. The molecule has 4 nitrogen and oxygen atoms in total. The third-order valence-corrected chi connectivity index (χ3v) is 8.99. The van der Waals surface area contributed by atoms with Gasteiger partial charge in [0.1, 0.15) is 16.9 Å². The monoisotopic (exact) mass is 590 g/mol. The first kappa shape index (κ1) is 20.7. The van der Waals surface area contributed by atoms with Crippen molar-refractivity contribution < 1.29 is 9.90 Å². The van der Waals surface area contributed by atoms with E-state index in [1.54, 1.807) is 17.4 Å². The van der Waals surface area contributed by atoms with E-state index in [0.717, 1.165) is 39.9 Å². The highest BCUT2D eigenvalue weighted by Crippen LogP contribution is 2.48. The van der Waals surface area contributed by atoms with Crippen LogP contribution in [-0.2, 0) is 12.8 Å². The summed E-state index contributed by atoms with van der Waals surface area (Å²) in [6.45, 7) is 6.89. The molecule has 8 heteroatoms. The molecule has 2 aromatic rings. The van der Waals surface area contributed by atoms with E-state index in [0.29, 0.717) is 14.9 Å². The molecule has 2 heterocycles. The minimum absolute atomic E-state index is 0.0494. The van der Waals surface area contributed by atoms with E-state index in [1.165, 1.54) is 10.4 Å². The summed E-state index contributed by atoms with van der Waals surface area (Å²) in [4.78, 5) is 14.3. The Balaban J connectivity index is 1.71. The Bertz CT molecular complexity index is 981. The van der Waals surface area contributed by atoms with Crippen molar-refractivity contribution in [2.45, 2.75) is 46.2 Å². The molecule has 1 aromatic carbocycles. The quantitative estimate of drug-likeness (QED) is 0.343. The fourth-order valence-electron chi connectivity index (χ4n) is 4.04. The molecule has 0 unspecified atom stereocenters. The van der Waals surface area contributed by atoms with Gasteiger partial charge in [-0.1, -0.05) is 36.7 Å². The van der Waals surface area contributed by atoms with Crippen LogP contribution in [0.1, 0.15) is 59.7 Å². The number of rotatable bonds is 1. The Morgan fingerprint density at radius 2 is 1.89 bits per heavy atom. The summed E-state index contributed by atoms with van der Waals surface area (Å²) in [7, 11) is 0. The van der Waals surface area contributed by atoms with Crippen molar-refractivity contribution in [2.24, 2.45) is 11.3 Å². The molecule has 0 saturated heterocycles. The number of amides is 1. The molecule has 2 atom stereocenters. The first-order chi connectivity index (χ1) is 13.1. The Kier molecular flexibility index (Phi) is 5.39. The number of carbonyl (C=O) groups is 1. The van der Waals surface area contributed by atoms with Crippen molar-refractivity contribution >= 4 is 70.0 Å². The Hall–Kier alpha value is -0.570. The van der Waals surface area contributed by atoms with Crippen molar-refractivity contribution in [1.29, 1.82) is 0 Å². The number of carbonyl (C=O) groups excluding carboxylic acids is 1. The molecule has 0 saturated carbocycles. The highest BCUT2D eigenvalue weighted by Gasteiger charge is 2.37. The fourth-order valence-corrected chi connectivity index (χ4v) is 7.97. The maximum atomic E-state index is 13.0. The molecule has 3 N–H and O–H groups in total. The maximum absolute atomic E-state index is 13.0. The van der Waals surface area contributed by atoms with Crippen LogP contribution in [0.2, 0.25) is 0 Å². The molecular weight excluding hydrogens is 572 g/mol. The number of phenolic OH excluding ortho intramolecular Hbond substituents is 1. The maximum Gasteiger partial charge on any atom is 0.256 e. The number of aromatic hydroxyl groups is 1. The summed E-state index contributed by atoms with van der Waals surface area (Å²) in [5.74, 6) is 0.691. The van der Waals surface area contributed by atoms with E-state index >= 15 is 0 Å². The number of hydrogen-bond acceptors (Lipinski definition) is 4. The first-order valence-corrected chi connectivity index (χ1v) is 12.4. The molecule has 1 aliphatic carbocycles. The largest absolute Gasteiger partial charge is 0.506 e. The van der Waals surface area contributed by atoms with Gasteiger partial charge in [0.05, 0.1) is 14.5 Å². The van der Waals surface area contributed by atoms with Crippen molar-refractivity contribution in [2.75, 3.05) is 5.32 Å². The number of halogens is 3. The molecule has 0 fully saturated rings. The minimum Gasteiger partial charge on any atom is -0.506 e. The van der Waals surface area contributed by atoms with Gasteiger partial charge in [-0.05, 0) is 74.1 Å². The second-order valence-corrected chi connectivity index (χ2v) is 12.1. The van der Waals surface area contributed by atoms with E-state index in [1.807, 2.05) is 0 Å². The summed E-state index contributed by atoms with van der Waals surface area (Å²) < 4.78 is 1.92. The normalized spacial score (nSPS) is 21.6. The topological polar surface area (TPSA) is 61.4 Å². The van der Waals surface area contributed by atoms with Crippen molar-refractivity contribution in [3.05, 3.63) is 41.1 Å². The number of phenols is 1. The van der Waals surface area contributed by atoms with Gasteiger partial charge in [0, 0.05) is 14.9 Å². The summed E-state index contributed by atoms with van der Waals surface area (Å²) in [6, 6.07) is 1.78. The second-order valence-electron chi connectivity index (χ2n) is 8.48. The molecule has 1 amide bonds. The fraction of sp³-hybridized carbons (Fsp3) is 0.450. The summed E-state index contributed by atoms with van der Waals surface area (Å²) >= 11 is 12.1. The summed E-state index contributed by atoms with van der Waals surface area (Å²) in [6.07, 6.45) is 2.67. The van der Waals surface area contributed by atoms with Gasteiger partial charge >= 0.3 is 0 Å². The van der Waals surface area contributed by atoms with E-state index in [4.69, 9.17) is 0 Å². The van der Waals surface area contributed by atoms with Gasteiger partial charge < -0.3 is 15.7 Å². The molecule has 0 radical (unpaired) electrons. The molecule has 1 aromatic heterocycles. The van der Waals surface area contributed by atoms with Crippen LogP contribution in [0.5, 0.6) is 5.75 Å². The number of nitrogens with one attached hydrogen (secondary N) is 2. The third-order valence-electron chi connectivity index (χ3n) is 5.74. The van der Waals surface area contributed by atoms with Crippen LogP contribution in [0, 0.1) is 11.3 Å². The highest BCUT2D eigenvalue weighted by atomic mass is 79.9. The molecule has 28 heavy (non-hydrogen) atoms. The van der Waals surface area contributed by atoms with Crippen LogP contribution in [0.15, 0.2) is 19.5 Å². The zero-order valence-electron chi connectivity index (χ0n) is 15.8. The molecular formula is C20H21Br3N2O2S. The van der Waals surface area contributed by atoms with E-state index in [9.17, 15) is 9.90 Å². The molecule has 0 bridgehead atoms. The average Bonchev–Trinajstić information content (AvgIpc) is 2.97. The molecule has 0 spiro atoms. The Morgan fingerprint density at radius 3 is 2.57 bits per heavy atom. The Labute approximate surface area is 193 Å². The zero-order valence-corrected chi connectivity index (χ0v) is 21.3.